The van der Waals surface area contributed by atoms with Gasteiger partial charge >= 0.3 is 0 Å². The number of rotatable bonds is 7. The average molecular weight is 307 g/mol. The Morgan fingerprint density at radius 2 is 2.05 bits per heavy atom. The molecule has 2 nitrogen and oxygen atoms in total. The maximum atomic E-state index is 10.6. The van der Waals surface area contributed by atoms with Crippen LogP contribution in [0.25, 0.3) is 0 Å². The largest absolute Gasteiger partial charge is 0.384 e. The van der Waals surface area contributed by atoms with Gasteiger partial charge in [-0.3, -0.25) is 0 Å². The summed E-state index contributed by atoms with van der Waals surface area (Å²) < 4.78 is 0. The van der Waals surface area contributed by atoms with E-state index in [0.717, 1.165) is 11.3 Å². The Morgan fingerprint density at radius 3 is 2.65 bits per heavy atom. The summed E-state index contributed by atoms with van der Waals surface area (Å²) in [5.41, 5.74) is 1.42. The molecule has 1 heterocycles. The van der Waals surface area contributed by atoms with Crippen LogP contribution in [0.15, 0.2) is 47.2 Å². The van der Waals surface area contributed by atoms with E-state index < -0.39 is 5.60 Å². The fourth-order valence-electron chi connectivity index (χ4n) is 2.12. The molecule has 2 unspecified atom stereocenters. The zero-order valence-electron chi connectivity index (χ0n) is 11.9. The lowest BCUT2D eigenvalue weighted by molar-refractivity contribution is 0.0549. The highest BCUT2D eigenvalue weighted by Gasteiger charge is 2.24. The molecule has 2 rings (SSSR count). The normalized spacial score (nSPS) is 15.8. The van der Waals surface area contributed by atoms with Crippen LogP contribution in [-0.2, 0) is 5.60 Å². The topological polar surface area (TPSA) is 32.3 Å². The van der Waals surface area contributed by atoms with Crippen molar-refractivity contribution in [1.29, 1.82) is 0 Å². The van der Waals surface area contributed by atoms with Crippen LogP contribution in [0.5, 0.6) is 0 Å². The summed E-state index contributed by atoms with van der Waals surface area (Å²) in [5, 5.41) is 18.1. The van der Waals surface area contributed by atoms with Crippen molar-refractivity contribution < 1.29 is 5.11 Å². The van der Waals surface area contributed by atoms with E-state index in [0.29, 0.717) is 6.54 Å². The first-order valence-corrected chi connectivity index (χ1v) is 8.99. The van der Waals surface area contributed by atoms with Crippen LogP contribution in [0.4, 0.5) is 0 Å². The van der Waals surface area contributed by atoms with E-state index in [1.54, 1.807) is 11.3 Å². The second kappa shape index (κ2) is 7.27. The van der Waals surface area contributed by atoms with E-state index in [-0.39, 0.29) is 6.04 Å². The van der Waals surface area contributed by atoms with Gasteiger partial charge in [0.2, 0.25) is 0 Å². The van der Waals surface area contributed by atoms with E-state index in [1.165, 1.54) is 5.56 Å². The molecule has 0 aliphatic carbocycles. The van der Waals surface area contributed by atoms with Gasteiger partial charge in [-0.15, -0.1) is 0 Å². The number of thioether (sulfide) groups is 1. The molecule has 0 radical (unpaired) electrons. The molecular weight excluding hydrogens is 286 g/mol. The standard InChI is InChI=1S/C16H21NOS2/c1-16(18,14-8-9-20-10-14)12-17-15(11-19-2)13-6-4-3-5-7-13/h3-10,15,17-18H,11-12H2,1-2H3. The molecule has 0 aliphatic rings. The fourth-order valence-corrected chi connectivity index (χ4v) is 3.55. The molecule has 0 aliphatic heterocycles. The zero-order valence-corrected chi connectivity index (χ0v) is 13.5. The number of thiophene rings is 1. The predicted molar refractivity (Wildman–Crippen MR) is 89.5 cm³/mol. The monoisotopic (exact) mass is 307 g/mol. The minimum absolute atomic E-state index is 0.260. The van der Waals surface area contributed by atoms with Gasteiger partial charge in [0.15, 0.2) is 0 Å². The van der Waals surface area contributed by atoms with Crippen molar-refractivity contribution in [3.05, 3.63) is 58.3 Å². The maximum absolute atomic E-state index is 10.6. The van der Waals surface area contributed by atoms with Crippen molar-refractivity contribution in [3.63, 3.8) is 0 Å². The molecule has 0 spiro atoms. The first kappa shape index (κ1) is 15.6. The Balaban J connectivity index is 2.03. The first-order valence-electron chi connectivity index (χ1n) is 6.66. The second-order valence-corrected chi connectivity index (χ2v) is 6.78. The number of nitrogens with one attached hydrogen (secondary N) is 1. The van der Waals surface area contributed by atoms with E-state index in [9.17, 15) is 5.11 Å². The first-order chi connectivity index (χ1) is 9.63. The highest BCUT2D eigenvalue weighted by molar-refractivity contribution is 7.98. The highest BCUT2D eigenvalue weighted by Crippen LogP contribution is 2.24. The van der Waals surface area contributed by atoms with Gasteiger partial charge in [0.1, 0.15) is 5.60 Å². The molecule has 2 N–H and O–H groups in total. The van der Waals surface area contributed by atoms with Gasteiger partial charge in [-0.2, -0.15) is 23.1 Å². The Bertz CT molecular complexity index is 496. The van der Waals surface area contributed by atoms with Gasteiger partial charge < -0.3 is 10.4 Å². The summed E-state index contributed by atoms with van der Waals surface area (Å²) in [4.78, 5) is 0. The molecule has 2 atom stereocenters. The van der Waals surface area contributed by atoms with Gasteiger partial charge in [0, 0.05) is 18.3 Å². The number of hydrogen-bond donors (Lipinski definition) is 2. The molecule has 0 saturated carbocycles. The summed E-state index contributed by atoms with van der Waals surface area (Å²) in [6, 6.07) is 12.7. The lowest BCUT2D eigenvalue weighted by Crippen LogP contribution is -2.37. The van der Waals surface area contributed by atoms with Crippen LogP contribution in [-0.4, -0.2) is 23.7 Å². The maximum Gasteiger partial charge on any atom is 0.100 e. The average Bonchev–Trinajstić information content (AvgIpc) is 2.99. The van der Waals surface area contributed by atoms with Crippen LogP contribution < -0.4 is 5.32 Å². The molecule has 0 fully saturated rings. The van der Waals surface area contributed by atoms with Crippen LogP contribution in [0, 0.1) is 0 Å². The van der Waals surface area contributed by atoms with E-state index in [4.69, 9.17) is 0 Å². The van der Waals surface area contributed by atoms with Gasteiger partial charge in [-0.05, 0) is 41.1 Å². The lowest BCUT2D eigenvalue weighted by Gasteiger charge is -2.27. The summed E-state index contributed by atoms with van der Waals surface area (Å²) in [5.74, 6) is 0.990. The van der Waals surface area contributed by atoms with E-state index >= 15 is 0 Å². The van der Waals surface area contributed by atoms with Gasteiger partial charge in [0.25, 0.3) is 0 Å². The third kappa shape index (κ3) is 4.09. The Labute approximate surface area is 129 Å². The van der Waals surface area contributed by atoms with Crippen LogP contribution in [0.3, 0.4) is 0 Å². The van der Waals surface area contributed by atoms with Crippen molar-refractivity contribution in [1.82, 2.24) is 5.32 Å². The molecular formula is C16H21NOS2. The minimum atomic E-state index is -0.828. The molecule has 4 heteroatoms. The third-order valence-corrected chi connectivity index (χ3v) is 4.72. The van der Waals surface area contributed by atoms with E-state index in [2.05, 4.69) is 35.8 Å². The van der Waals surface area contributed by atoms with Crippen molar-refractivity contribution in [3.8, 4) is 0 Å². The Hall–Kier alpha value is -0.810. The highest BCUT2D eigenvalue weighted by atomic mass is 32.2. The molecule has 2 aromatic rings. The van der Waals surface area contributed by atoms with Crippen LogP contribution >= 0.6 is 23.1 Å². The number of hydrogen-bond acceptors (Lipinski definition) is 4. The molecule has 0 saturated heterocycles. The number of benzene rings is 1. The summed E-state index contributed by atoms with van der Waals surface area (Å²) >= 11 is 3.43. The van der Waals surface area contributed by atoms with Crippen molar-refractivity contribution in [2.45, 2.75) is 18.6 Å². The van der Waals surface area contributed by atoms with Crippen LogP contribution in [0.1, 0.15) is 24.1 Å². The predicted octanol–water partition coefficient (Wildman–Crippen LogP) is 3.65. The summed E-state index contributed by atoms with van der Waals surface area (Å²) in [7, 11) is 0. The molecule has 0 bridgehead atoms. The third-order valence-electron chi connectivity index (χ3n) is 3.37. The lowest BCUT2D eigenvalue weighted by atomic mass is 9.98. The second-order valence-electron chi connectivity index (χ2n) is 5.09. The van der Waals surface area contributed by atoms with Crippen molar-refractivity contribution in [2.24, 2.45) is 0 Å². The van der Waals surface area contributed by atoms with E-state index in [1.807, 2.05) is 41.6 Å². The Kier molecular flexibility index (Phi) is 5.66. The van der Waals surface area contributed by atoms with Crippen LogP contribution in [0.2, 0.25) is 0 Å². The fraction of sp³-hybridized carbons (Fsp3) is 0.375. The Morgan fingerprint density at radius 1 is 1.30 bits per heavy atom. The minimum Gasteiger partial charge on any atom is -0.384 e. The smallest absolute Gasteiger partial charge is 0.100 e. The van der Waals surface area contributed by atoms with Gasteiger partial charge in [-0.1, -0.05) is 30.3 Å². The molecule has 20 heavy (non-hydrogen) atoms. The number of aliphatic hydroxyl groups is 1. The molecule has 1 aromatic carbocycles. The van der Waals surface area contributed by atoms with Crippen molar-refractivity contribution in [2.75, 3.05) is 18.6 Å². The molecule has 1 aromatic heterocycles. The SMILES string of the molecule is CSCC(NCC(C)(O)c1ccsc1)c1ccccc1. The summed E-state index contributed by atoms with van der Waals surface area (Å²) in [6.07, 6.45) is 2.11. The van der Waals surface area contributed by atoms with Gasteiger partial charge in [0.05, 0.1) is 0 Å². The summed E-state index contributed by atoms with van der Waals surface area (Å²) in [6.45, 7) is 2.41. The quantitative estimate of drug-likeness (QED) is 0.819. The molecule has 108 valence electrons. The van der Waals surface area contributed by atoms with Gasteiger partial charge in [-0.25, -0.2) is 0 Å². The molecule has 0 amide bonds. The van der Waals surface area contributed by atoms with Crippen molar-refractivity contribution >= 4 is 23.1 Å². The zero-order chi connectivity index (χ0) is 14.4.